The molecule has 0 bridgehead atoms. The van der Waals surface area contributed by atoms with Crippen LogP contribution in [0.25, 0.3) is 16.6 Å². The normalized spacial score (nSPS) is 10.8. The first-order valence-corrected chi connectivity index (χ1v) is 9.99. The number of aryl methyl sites for hydroxylation is 1. The van der Waals surface area contributed by atoms with E-state index in [1.807, 2.05) is 6.07 Å². The van der Waals surface area contributed by atoms with Crippen molar-refractivity contribution in [1.82, 2.24) is 14.5 Å². The SMILES string of the molecule is CCOC(=O)CN(CCOC)C(=O)c1ccc(-n2c(C)nc3ccccc3c2=O)cc1. The van der Waals surface area contributed by atoms with Crippen LogP contribution < -0.4 is 5.56 Å². The maximum absolute atomic E-state index is 13.0. The molecule has 0 radical (unpaired) electrons. The van der Waals surface area contributed by atoms with Gasteiger partial charge in [-0.3, -0.25) is 19.0 Å². The molecule has 31 heavy (non-hydrogen) atoms. The molecule has 0 aliphatic heterocycles. The van der Waals surface area contributed by atoms with E-state index in [-0.39, 0.29) is 31.2 Å². The summed E-state index contributed by atoms with van der Waals surface area (Å²) in [6, 6.07) is 13.8. The largest absolute Gasteiger partial charge is 0.465 e. The molecule has 162 valence electrons. The van der Waals surface area contributed by atoms with Gasteiger partial charge in [-0.25, -0.2) is 4.98 Å². The van der Waals surface area contributed by atoms with Crippen molar-refractivity contribution in [1.29, 1.82) is 0 Å². The van der Waals surface area contributed by atoms with E-state index in [0.29, 0.717) is 34.6 Å². The van der Waals surface area contributed by atoms with Crippen molar-refractivity contribution < 1.29 is 19.1 Å². The van der Waals surface area contributed by atoms with E-state index in [2.05, 4.69) is 4.98 Å². The van der Waals surface area contributed by atoms with Crippen LogP contribution in [0.5, 0.6) is 0 Å². The van der Waals surface area contributed by atoms with Crippen molar-refractivity contribution in [2.75, 3.05) is 33.4 Å². The van der Waals surface area contributed by atoms with E-state index in [9.17, 15) is 14.4 Å². The first-order valence-electron chi connectivity index (χ1n) is 9.99. The van der Waals surface area contributed by atoms with Crippen molar-refractivity contribution >= 4 is 22.8 Å². The number of esters is 1. The molecule has 0 unspecified atom stereocenters. The maximum Gasteiger partial charge on any atom is 0.325 e. The molecule has 0 saturated heterocycles. The lowest BCUT2D eigenvalue weighted by Crippen LogP contribution is -2.38. The fourth-order valence-corrected chi connectivity index (χ4v) is 3.30. The summed E-state index contributed by atoms with van der Waals surface area (Å²) in [6.07, 6.45) is 0. The predicted molar refractivity (Wildman–Crippen MR) is 116 cm³/mol. The van der Waals surface area contributed by atoms with Crippen molar-refractivity contribution in [3.05, 3.63) is 70.3 Å². The van der Waals surface area contributed by atoms with Gasteiger partial charge in [-0.05, 0) is 50.2 Å². The Balaban J connectivity index is 1.89. The molecule has 0 aliphatic carbocycles. The van der Waals surface area contributed by atoms with Crippen LogP contribution in [0, 0.1) is 6.92 Å². The number of hydrogen-bond acceptors (Lipinski definition) is 6. The molecular weight excluding hydrogens is 398 g/mol. The summed E-state index contributed by atoms with van der Waals surface area (Å²) < 4.78 is 11.5. The van der Waals surface area contributed by atoms with E-state index in [0.717, 1.165) is 0 Å². The van der Waals surface area contributed by atoms with Gasteiger partial charge < -0.3 is 14.4 Å². The molecule has 0 spiro atoms. The summed E-state index contributed by atoms with van der Waals surface area (Å²) in [4.78, 5) is 43.6. The third-order valence-electron chi connectivity index (χ3n) is 4.79. The third-order valence-corrected chi connectivity index (χ3v) is 4.79. The molecule has 2 aromatic carbocycles. The minimum atomic E-state index is -0.479. The highest BCUT2D eigenvalue weighted by molar-refractivity contribution is 5.96. The predicted octanol–water partition coefficient (Wildman–Crippen LogP) is 2.35. The molecule has 1 amide bonds. The first-order chi connectivity index (χ1) is 15.0. The van der Waals surface area contributed by atoms with Crippen LogP contribution in [0.15, 0.2) is 53.3 Å². The Morgan fingerprint density at radius 2 is 1.81 bits per heavy atom. The number of carbonyl (C=O) groups excluding carboxylic acids is 2. The van der Waals surface area contributed by atoms with Crippen LogP contribution in [0.2, 0.25) is 0 Å². The van der Waals surface area contributed by atoms with Crippen LogP contribution in [0.1, 0.15) is 23.1 Å². The first kappa shape index (κ1) is 22.2. The number of ether oxygens (including phenoxy) is 2. The molecule has 8 nitrogen and oxygen atoms in total. The summed E-state index contributed by atoms with van der Waals surface area (Å²) in [5.41, 5.74) is 1.46. The van der Waals surface area contributed by atoms with E-state index >= 15 is 0 Å². The molecule has 1 heterocycles. The van der Waals surface area contributed by atoms with Gasteiger partial charge in [-0.15, -0.1) is 0 Å². The summed E-state index contributed by atoms with van der Waals surface area (Å²) in [6.45, 7) is 4.10. The third kappa shape index (κ3) is 4.97. The van der Waals surface area contributed by atoms with Gasteiger partial charge in [0.1, 0.15) is 12.4 Å². The number of rotatable bonds is 8. The molecule has 0 aliphatic rings. The Hall–Kier alpha value is -3.52. The van der Waals surface area contributed by atoms with Crippen molar-refractivity contribution in [3.8, 4) is 5.69 Å². The lowest BCUT2D eigenvalue weighted by Gasteiger charge is -2.21. The van der Waals surface area contributed by atoms with E-state index in [4.69, 9.17) is 9.47 Å². The van der Waals surface area contributed by atoms with Gasteiger partial charge >= 0.3 is 5.97 Å². The van der Waals surface area contributed by atoms with Gasteiger partial charge in [0.15, 0.2) is 0 Å². The number of methoxy groups -OCH3 is 1. The summed E-state index contributed by atoms with van der Waals surface area (Å²) in [5.74, 6) is -0.253. The average Bonchev–Trinajstić information content (AvgIpc) is 2.77. The van der Waals surface area contributed by atoms with Gasteiger partial charge in [-0.2, -0.15) is 0 Å². The zero-order valence-electron chi connectivity index (χ0n) is 17.8. The number of hydrogen-bond donors (Lipinski definition) is 0. The van der Waals surface area contributed by atoms with Gasteiger partial charge in [0.25, 0.3) is 11.5 Å². The fraction of sp³-hybridized carbons (Fsp3) is 0.304. The molecule has 8 heteroatoms. The quantitative estimate of drug-likeness (QED) is 0.517. The Labute approximate surface area is 180 Å². The number of aromatic nitrogens is 2. The molecule has 3 rings (SSSR count). The maximum atomic E-state index is 13.0. The molecule has 0 saturated carbocycles. The molecule has 3 aromatic rings. The lowest BCUT2D eigenvalue weighted by atomic mass is 10.1. The highest BCUT2D eigenvalue weighted by Crippen LogP contribution is 2.14. The molecule has 0 N–H and O–H groups in total. The Morgan fingerprint density at radius 1 is 1.10 bits per heavy atom. The number of para-hydroxylation sites is 1. The number of nitrogens with zero attached hydrogens (tertiary/aromatic N) is 3. The second-order valence-corrected chi connectivity index (χ2v) is 6.89. The topological polar surface area (TPSA) is 90.7 Å². The zero-order valence-corrected chi connectivity index (χ0v) is 17.8. The number of fused-ring (bicyclic) bond motifs is 1. The Kier molecular flexibility index (Phi) is 7.15. The summed E-state index contributed by atoms with van der Waals surface area (Å²) in [5, 5.41) is 0.522. The summed E-state index contributed by atoms with van der Waals surface area (Å²) >= 11 is 0. The monoisotopic (exact) mass is 423 g/mol. The zero-order chi connectivity index (χ0) is 22.4. The van der Waals surface area contributed by atoms with E-state index < -0.39 is 5.97 Å². The highest BCUT2D eigenvalue weighted by Gasteiger charge is 2.20. The molecular formula is C23H25N3O5. The van der Waals surface area contributed by atoms with Gasteiger partial charge in [0, 0.05) is 19.2 Å². The van der Waals surface area contributed by atoms with Crippen LogP contribution >= 0.6 is 0 Å². The molecule has 1 aromatic heterocycles. The van der Waals surface area contributed by atoms with Crippen molar-refractivity contribution in [2.45, 2.75) is 13.8 Å². The number of carbonyl (C=O) groups is 2. The van der Waals surface area contributed by atoms with E-state index in [1.165, 1.54) is 16.6 Å². The second-order valence-electron chi connectivity index (χ2n) is 6.89. The van der Waals surface area contributed by atoms with Crippen LogP contribution in [-0.2, 0) is 14.3 Å². The van der Waals surface area contributed by atoms with Crippen LogP contribution in [-0.4, -0.2) is 59.7 Å². The summed E-state index contributed by atoms with van der Waals surface area (Å²) in [7, 11) is 1.53. The van der Waals surface area contributed by atoms with Crippen molar-refractivity contribution in [2.24, 2.45) is 0 Å². The van der Waals surface area contributed by atoms with E-state index in [1.54, 1.807) is 56.3 Å². The van der Waals surface area contributed by atoms with Gasteiger partial charge in [-0.1, -0.05) is 12.1 Å². The standard InChI is InChI=1S/C23H25N3O5/c1-4-31-21(27)15-25(13-14-30-3)22(28)17-9-11-18(12-10-17)26-16(2)24-20-8-6-5-7-19(20)23(26)29/h5-12H,4,13-15H2,1-3H3. The molecule has 0 atom stereocenters. The Morgan fingerprint density at radius 3 is 2.48 bits per heavy atom. The number of amides is 1. The number of benzene rings is 2. The second kappa shape index (κ2) is 9.99. The minimum absolute atomic E-state index is 0.162. The molecule has 0 fully saturated rings. The van der Waals surface area contributed by atoms with Crippen molar-refractivity contribution in [3.63, 3.8) is 0 Å². The average molecular weight is 423 g/mol. The highest BCUT2D eigenvalue weighted by atomic mass is 16.5. The van der Waals surface area contributed by atoms with Crippen LogP contribution in [0.3, 0.4) is 0 Å². The van der Waals surface area contributed by atoms with Crippen LogP contribution in [0.4, 0.5) is 0 Å². The Bertz CT molecular complexity index is 1140. The fourth-order valence-electron chi connectivity index (χ4n) is 3.30. The smallest absolute Gasteiger partial charge is 0.325 e. The van der Waals surface area contributed by atoms with Gasteiger partial charge in [0.05, 0.1) is 29.8 Å². The minimum Gasteiger partial charge on any atom is -0.465 e. The van der Waals surface area contributed by atoms with Gasteiger partial charge in [0.2, 0.25) is 0 Å². The lowest BCUT2D eigenvalue weighted by molar-refractivity contribution is -0.143.